The fourth-order valence-corrected chi connectivity index (χ4v) is 1.99. The Bertz CT molecular complexity index is 705. The molecule has 0 fully saturated rings. The number of hydrogen-bond donors (Lipinski definition) is 1. The van der Waals surface area contributed by atoms with E-state index in [1.165, 1.54) is 25.1 Å². The minimum atomic E-state index is -4.68. The maximum Gasteiger partial charge on any atom is 0.416 e. The van der Waals surface area contributed by atoms with Gasteiger partial charge in [-0.15, -0.1) is 0 Å². The minimum absolute atomic E-state index is 0.0132. The van der Waals surface area contributed by atoms with E-state index in [2.05, 4.69) is 0 Å². The first-order chi connectivity index (χ1) is 9.70. The predicted octanol–water partition coefficient (Wildman–Crippen LogP) is 4.52. The lowest BCUT2D eigenvalue weighted by Crippen LogP contribution is -2.08. The zero-order valence-electron chi connectivity index (χ0n) is 10.8. The van der Waals surface area contributed by atoms with Crippen LogP contribution in [0.5, 0.6) is 0 Å². The van der Waals surface area contributed by atoms with Crippen molar-refractivity contribution < 1.29 is 27.5 Å². The zero-order chi connectivity index (χ0) is 15.8. The molecule has 0 atom stereocenters. The molecular weight excluding hydrogens is 288 g/mol. The highest BCUT2D eigenvalue weighted by molar-refractivity contribution is 5.90. The molecule has 0 aromatic heterocycles. The Hall–Kier alpha value is -2.37. The molecule has 0 heterocycles. The normalized spacial score (nSPS) is 11.5. The summed E-state index contributed by atoms with van der Waals surface area (Å²) in [7, 11) is 0. The molecule has 1 N–H and O–H groups in total. The van der Waals surface area contributed by atoms with Crippen LogP contribution in [-0.4, -0.2) is 11.1 Å². The van der Waals surface area contributed by atoms with E-state index in [9.17, 15) is 22.4 Å². The van der Waals surface area contributed by atoms with E-state index in [1.54, 1.807) is 0 Å². The monoisotopic (exact) mass is 298 g/mol. The van der Waals surface area contributed by atoms with Crippen LogP contribution in [0.15, 0.2) is 36.4 Å². The second-order valence-electron chi connectivity index (χ2n) is 4.51. The fourth-order valence-electron chi connectivity index (χ4n) is 1.99. The Kier molecular flexibility index (Phi) is 3.72. The lowest BCUT2D eigenvalue weighted by atomic mass is 9.96. The number of rotatable bonds is 2. The summed E-state index contributed by atoms with van der Waals surface area (Å²) in [5.41, 5.74) is -1.18. The maximum atomic E-state index is 13.5. The van der Waals surface area contributed by atoms with Crippen molar-refractivity contribution in [3.05, 3.63) is 58.9 Å². The van der Waals surface area contributed by atoms with E-state index in [0.717, 1.165) is 12.1 Å². The van der Waals surface area contributed by atoms with Crippen molar-refractivity contribution >= 4 is 5.97 Å². The first-order valence-corrected chi connectivity index (χ1v) is 5.91. The van der Waals surface area contributed by atoms with Crippen LogP contribution in [0.3, 0.4) is 0 Å². The molecule has 21 heavy (non-hydrogen) atoms. The molecule has 110 valence electrons. The first kappa shape index (κ1) is 15.0. The second-order valence-corrected chi connectivity index (χ2v) is 4.51. The topological polar surface area (TPSA) is 37.3 Å². The maximum absolute atomic E-state index is 13.5. The highest BCUT2D eigenvalue weighted by Gasteiger charge is 2.32. The van der Waals surface area contributed by atoms with E-state index in [4.69, 9.17) is 5.11 Å². The van der Waals surface area contributed by atoms with Crippen molar-refractivity contribution in [1.29, 1.82) is 0 Å². The van der Waals surface area contributed by atoms with Crippen LogP contribution in [0.1, 0.15) is 21.5 Å². The van der Waals surface area contributed by atoms with Gasteiger partial charge in [-0.1, -0.05) is 12.1 Å². The summed E-state index contributed by atoms with van der Waals surface area (Å²) in [4.78, 5) is 11.0. The molecule has 0 amide bonds. The number of halogens is 4. The highest BCUT2D eigenvalue weighted by atomic mass is 19.4. The van der Waals surface area contributed by atoms with Crippen LogP contribution in [0, 0.1) is 12.7 Å². The van der Waals surface area contributed by atoms with Crippen LogP contribution in [0.25, 0.3) is 11.1 Å². The van der Waals surface area contributed by atoms with E-state index in [0.29, 0.717) is 6.07 Å². The summed E-state index contributed by atoms with van der Waals surface area (Å²) in [6.45, 7) is 1.42. The van der Waals surface area contributed by atoms with Gasteiger partial charge in [-0.05, 0) is 47.9 Å². The molecule has 0 unspecified atom stereocenters. The molecule has 2 aromatic carbocycles. The van der Waals surface area contributed by atoms with E-state index < -0.39 is 29.1 Å². The number of benzene rings is 2. The Labute approximate surface area is 117 Å². The van der Waals surface area contributed by atoms with Crippen LogP contribution < -0.4 is 0 Å². The van der Waals surface area contributed by atoms with Crippen LogP contribution in [0.2, 0.25) is 0 Å². The summed E-state index contributed by atoms with van der Waals surface area (Å²) >= 11 is 0. The SMILES string of the molecule is Cc1c(F)cccc1-c1cc(C(=O)O)cc(C(F)(F)F)c1. The molecule has 0 bridgehead atoms. The third kappa shape index (κ3) is 3.04. The summed E-state index contributed by atoms with van der Waals surface area (Å²) in [6.07, 6.45) is -4.68. The Balaban J connectivity index is 2.71. The minimum Gasteiger partial charge on any atom is -0.478 e. The summed E-state index contributed by atoms with van der Waals surface area (Å²) in [5.74, 6) is -2.04. The third-order valence-electron chi connectivity index (χ3n) is 3.09. The molecule has 2 aromatic rings. The van der Waals surface area contributed by atoms with Crippen LogP contribution in [-0.2, 0) is 6.18 Å². The molecule has 0 aliphatic heterocycles. The molecule has 2 rings (SSSR count). The predicted molar refractivity (Wildman–Crippen MR) is 68.5 cm³/mol. The van der Waals surface area contributed by atoms with E-state index in [1.807, 2.05) is 0 Å². The van der Waals surface area contributed by atoms with Crippen molar-refractivity contribution in [1.82, 2.24) is 0 Å². The average molecular weight is 298 g/mol. The van der Waals surface area contributed by atoms with Crippen LogP contribution >= 0.6 is 0 Å². The van der Waals surface area contributed by atoms with Gasteiger partial charge in [0.1, 0.15) is 5.82 Å². The molecule has 0 radical (unpaired) electrons. The number of carboxylic acid groups (broad SMARTS) is 1. The highest BCUT2D eigenvalue weighted by Crippen LogP contribution is 2.34. The van der Waals surface area contributed by atoms with Crippen molar-refractivity contribution in [2.45, 2.75) is 13.1 Å². The van der Waals surface area contributed by atoms with Gasteiger partial charge in [0.2, 0.25) is 0 Å². The van der Waals surface area contributed by atoms with Crippen LogP contribution in [0.4, 0.5) is 17.6 Å². The lowest BCUT2D eigenvalue weighted by Gasteiger charge is -2.12. The van der Waals surface area contributed by atoms with Gasteiger partial charge < -0.3 is 5.11 Å². The first-order valence-electron chi connectivity index (χ1n) is 5.91. The quantitative estimate of drug-likeness (QED) is 0.828. The number of carboxylic acids is 1. The summed E-state index contributed by atoms with van der Waals surface area (Å²) in [6, 6.07) is 6.45. The number of aromatic carboxylic acids is 1. The lowest BCUT2D eigenvalue weighted by molar-refractivity contribution is -0.137. The van der Waals surface area contributed by atoms with Gasteiger partial charge in [-0.2, -0.15) is 13.2 Å². The summed E-state index contributed by atoms with van der Waals surface area (Å²) in [5, 5.41) is 8.93. The molecule has 0 saturated heterocycles. The third-order valence-corrected chi connectivity index (χ3v) is 3.09. The second kappa shape index (κ2) is 5.20. The van der Waals surface area contributed by atoms with Gasteiger partial charge in [-0.25, -0.2) is 9.18 Å². The van der Waals surface area contributed by atoms with Gasteiger partial charge in [0.15, 0.2) is 0 Å². The smallest absolute Gasteiger partial charge is 0.416 e. The molecule has 0 aliphatic rings. The van der Waals surface area contributed by atoms with E-state index in [-0.39, 0.29) is 16.7 Å². The molecule has 0 aliphatic carbocycles. The van der Waals surface area contributed by atoms with Crippen molar-refractivity contribution in [3.63, 3.8) is 0 Å². The van der Waals surface area contributed by atoms with Gasteiger partial charge in [0, 0.05) is 0 Å². The average Bonchev–Trinajstić information content (AvgIpc) is 2.40. The fraction of sp³-hybridized carbons (Fsp3) is 0.133. The van der Waals surface area contributed by atoms with Gasteiger partial charge in [0.05, 0.1) is 11.1 Å². The van der Waals surface area contributed by atoms with Crippen molar-refractivity contribution in [2.24, 2.45) is 0 Å². The van der Waals surface area contributed by atoms with Gasteiger partial charge in [-0.3, -0.25) is 0 Å². The van der Waals surface area contributed by atoms with Crippen molar-refractivity contribution in [3.8, 4) is 11.1 Å². The van der Waals surface area contributed by atoms with Gasteiger partial charge >= 0.3 is 12.1 Å². The molecule has 6 heteroatoms. The Morgan fingerprint density at radius 3 is 2.38 bits per heavy atom. The Morgan fingerprint density at radius 2 is 1.81 bits per heavy atom. The number of hydrogen-bond acceptors (Lipinski definition) is 1. The zero-order valence-corrected chi connectivity index (χ0v) is 10.8. The molecule has 2 nitrogen and oxygen atoms in total. The summed E-state index contributed by atoms with van der Waals surface area (Å²) < 4.78 is 52.0. The van der Waals surface area contributed by atoms with Crippen molar-refractivity contribution in [2.75, 3.05) is 0 Å². The molecule has 0 saturated carbocycles. The number of alkyl halides is 3. The Morgan fingerprint density at radius 1 is 1.14 bits per heavy atom. The standard InChI is InChI=1S/C15H10F4O2/c1-8-12(3-2-4-13(8)16)9-5-10(14(20)21)7-11(6-9)15(17,18)19/h2-7H,1H3,(H,20,21). The largest absolute Gasteiger partial charge is 0.478 e. The van der Waals surface area contributed by atoms with E-state index >= 15 is 0 Å². The number of carbonyl (C=O) groups is 1. The molecule has 0 spiro atoms. The van der Waals surface area contributed by atoms with Gasteiger partial charge in [0.25, 0.3) is 0 Å². The molecular formula is C15H10F4O2.